The van der Waals surface area contributed by atoms with Gasteiger partial charge in [-0.05, 0) is 53.2 Å². The number of imidazole rings is 1. The van der Waals surface area contributed by atoms with Crippen LogP contribution in [0.1, 0.15) is 39.0 Å². The Morgan fingerprint density at radius 3 is 2.25 bits per heavy atom. The average molecular weight is 272 g/mol. The first kappa shape index (κ1) is 13.6. The molecule has 0 spiro atoms. The minimum atomic E-state index is -0.327. The Kier molecular flexibility index (Phi) is 2.79. The van der Waals surface area contributed by atoms with Crippen LogP contribution in [0.5, 0.6) is 0 Å². The van der Waals surface area contributed by atoms with E-state index in [0.29, 0.717) is 0 Å². The van der Waals surface area contributed by atoms with E-state index in [1.807, 2.05) is 17.5 Å². The zero-order valence-electron chi connectivity index (χ0n) is 13.0. The lowest BCUT2D eigenvalue weighted by Crippen LogP contribution is -2.41. The Morgan fingerprint density at radius 1 is 1.05 bits per heavy atom. The van der Waals surface area contributed by atoms with E-state index >= 15 is 0 Å². The molecule has 3 heterocycles. The summed E-state index contributed by atoms with van der Waals surface area (Å²) in [5.41, 5.74) is 3.54. The highest BCUT2D eigenvalue weighted by molar-refractivity contribution is 6.62. The molecule has 0 bridgehead atoms. The maximum Gasteiger partial charge on any atom is 0.496 e. The second-order valence-corrected chi connectivity index (χ2v) is 6.65. The van der Waals surface area contributed by atoms with Crippen LogP contribution >= 0.6 is 0 Å². The third kappa shape index (κ3) is 1.96. The Labute approximate surface area is 120 Å². The van der Waals surface area contributed by atoms with Crippen LogP contribution in [0.25, 0.3) is 5.65 Å². The predicted molar refractivity (Wildman–Crippen MR) is 80.4 cm³/mol. The van der Waals surface area contributed by atoms with Crippen LogP contribution < -0.4 is 5.46 Å². The van der Waals surface area contributed by atoms with E-state index in [9.17, 15) is 0 Å². The third-order valence-corrected chi connectivity index (χ3v) is 4.47. The first-order valence-corrected chi connectivity index (χ1v) is 7.01. The molecule has 1 fully saturated rings. The van der Waals surface area contributed by atoms with Crippen molar-refractivity contribution in [2.45, 2.75) is 52.7 Å². The summed E-state index contributed by atoms with van der Waals surface area (Å²) < 4.78 is 14.3. The molecule has 0 aromatic carbocycles. The van der Waals surface area contributed by atoms with Crippen molar-refractivity contribution in [3.8, 4) is 0 Å². The van der Waals surface area contributed by atoms with Gasteiger partial charge < -0.3 is 13.7 Å². The van der Waals surface area contributed by atoms with Crippen LogP contribution in [0.4, 0.5) is 0 Å². The molecule has 1 aliphatic rings. The van der Waals surface area contributed by atoms with Crippen LogP contribution in [0.2, 0.25) is 0 Å². The summed E-state index contributed by atoms with van der Waals surface area (Å²) in [7, 11) is -0.327. The van der Waals surface area contributed by atoms with Gasteiger partial charge in [0, 0.05) is 17.9 Å². The molecule has 2 aromatic heterocycles. The van der Waals surface area contributed by atoms with Gasteiger partial charge in [-0.3, -0.25) is 0 Å². The minimum Gasteiger partial charge on any atom is -0.399 e. The molecule has 1 aliphatic heterocycles. The number of pyridine rings is 1. The summed E-state index contributed by atoms with van der Waals surface area (Å²) in [6.45, 7) is 12.4. The Bertz CT molecular complexity index is 660. The second kappa shape index (κ2) is 4.09. The van der Waals surface area contributed by atoms with Crippen molar-refractivity contribution in [1.29, 1.82) is 0 Å². The van der Waals surface area contributed by atoms with Crippen molar-refractivity contribution in [2.75, 3.05) is 0 Å². The molecule has 1 saturated heterocycles. The maximum atomic E-state index is 6.13. The molecule has 4 nitrogen and oxygen atoms in total. The Hall–Kier alpha value is -1.33. The van der Waals surface area contributed by atoms with Gasteiger partial charge in [0.05, 0.1) is 16.9 Å². The van der Waals surface area contributed by atoms with E-state index in [1.165, 1.54) is 0 Å². The fourth-order valence-corrected chi connectivity index (χ4v) is 2.49. The summed E-state index contributed by atoms with van der Waals surface area (Å²) in [5, 5.41) is 0. The van der Waals surface area contributed by atoms with Gasteiger partial charge in [-0.25, -0.2) is 4.98 Å². The second-order valence-electron chi connectivity index (χ2n) is 6.65. The number of fused-ring (bicyclic) bond motifs is 1. The zero-order valence-corrected chi connectivity index (χ0v) is 13.0. The molecule has 0 N–H and O–H groups in total. The van der Waals surface area contributed by atoms with E-state index in [2.05, 4.69) is 51.9 Å². The van der Waals surface area contributed by atoms with Crippen molar-refractivity contribution < 1.29 is 9.31 Å². The number of aromatic nitrogens is 2. The highest BCUT2D eigenvalue weighted by Crippen LogP contribution is 2.36. The van der Waals surface area contributed by atoms with Crippen molar-refractivity contribution >= 4 is 18.2 Å². The molecular formula is C15H21BN2O2. The lowest BCUT2D eigenvalue weighted by atomic mass is 9.77. The van der Waals surface area contributed by atoms with Gasteiger partial charge >= 0.3 is 7.12 Å². The summed E-state index contributed by atoms with van der Waals surface area (Å²) in [4.78, 5) is 4.48. The van der Waals surface area contributed by atoms with Gasteiger partial charge in [0.1, 0.15) is 5.65 Å². The first-order valence-electron chi connectivity index (χ1n) is 7.01. The summed E-state index contributed by atoms with van der Waals surface area (Å²) in [6, 6.07) is 2.08. The van der Waals surface area contributed by atoms with Gasteiger partial charge in [0.2, 0.25) is 0 Å². The molecule has 0 aliphatic carbocycles. The van der Waals surface area contributed by atoms with E-state index in [0.717, 1.165) is 22.4 Å². The maximum absolute atomic E-state index is 6.13. The molecular weight excluding hydrogens is 251 g/mol. The number of aryl methyl sites for hydroxylation is 2. The van der Waals surface area contributed by atoms with Crippen molar-refractivity contribution in [2.24, 2.45) is 0 Å². The molecule has 0 amide bonds. The molecule has 0 saturated carbocycles. The van der Waals surface area contributed by atoms with Gasteiger partial charge in [0.15, 0.2) is 0 Å². The smallest absolute Gasteiger partial charge is 0.399 e. The van der Waals surface area contributed by atoms with E-state index in [4.69, 9.17) is 9.31 Å². The van der Waals surface area contributed by atoms with E-state index in [-0.39, 0.29) is 18.3 Å². The molecule has 20 heavy (non-hydrogen) atoms. The van der Waals surface area contributed by atoms with E-state index < -0.39 is 0 Å². The lowest BCUT2D eigenvalue weighted by Gasteiger charge is -2.32. The number of rotatable bonds is 1. The summed E-state index contributed by atoms with van der Waals surface area (Å²) in [5.74, 6) is 0. The van der Waals surface area contributed by atoms with Gasteiger partial charge in [0.25, 0.3) is 0 Å². The average Bonchev–Trinajstić information content (AvgIpc) is 2.74. The first-order chi connectivity index (χ1) is 9.19. The van der Waals surface area contributed by atoms with Crippen LogP contribution in [0.15, 0.2) is 18.5 Å². The summed E-state index contributed by atoms with van der Waals surface area (Å²) in [6.07, 6.45) is 4.08. The quantitative estimate of drug-likeness (QED) is 0.747. The number of nitrogens with zero attached hydrogens (tertiary/aromatic N) is 2. The fourth-order valence-electron chi connectivity index (χ4n) is 2.49. The Balaban J connectivity index is 2.05. The topological polar surface area (TPSA) is 35.8 Å². The number of hydrogen-bond donors (Lipinski definition) is 0. The molecule has 0 radical (unpaired) electrons. The van der Waals surface area contributed by atoms with Crippen molar-refractivity contribution in [3.05, 3.63) is 29.7 Å². The predicted octanol–water partition coefficient (Wildman–Crippen LogP) is 2.25. The molecule has 106 valence electrons. The molecule has 3 rings (SSSR count). The standard InChI is InChI=1S/C15H21BN2O2/c1-10-7-13-17-11(2)8-18(13)9-12(10)16-19-14(3,4)15(5,6)20-16/h7-9H,1-6H3. The lowest BCUT2D eigenvalue weighted by molar-refractivity contribution is 0.00578. The molecule has 0 unspecified atom stereocenters. The van der Waals surface area contributed by atoms with Crippen molar-refractivity contribution in [3.63, 3.8) is 0 Å². The third-order valence-electron chi connectivity index (χ3n) is 4.47. The minimum absolute atomic E-state index is 0.316. The van der Waals surface area contributed by atoms with Crippen LogP contribution in [0, 0.1) is 13.8 Å². The van der Waals surface area contributed by atoms with E-state index in [1.54, 1.807) is 0 Å². The van der Waals surface area contributed by atoms with Crippen LogP contribution in [0.3, 0.4) is 0 Å². The van der Waals surface area contributed by atoms with Gasteiger partial charge in [-0.1, -0.05) is 0 Å². The largest absolute Gasteiger partial charge is 0.496 e. The fraction of sp³-hybridized carbons (Fsp3) is 0.533. The monoisotopic (exact) mass is 272 g/mol. The van der Waals surface area contributed by atoms with Crippen molar-refractivity contribution in [1.82, 2.24) is 9.38 Å². The van der Waals surface area contributed by atoms with Gasteiger partial charge in [-0.15, -0.1) is 0 Å². The molecule has 5 heteroatoms. The zero-order chi connectivity index (χ0) is 14.7. The molecule has 0 atom stereocenters. The number of hydrogen-bond acceptors (Lipinski definition) is 3. The summed E-state index contributed by atoms with van der Waals surface area (Å²) >= 11 is 0. The van der Waals surface area contributed by atoms with Crippen LogP contribution in [-0.4, -0.2) is 27.7 Å². The molecule has 2 aromatic rings. The van der Waals surface area contributed by atoms with Gasteiger partial charge in [-0.2, -0.15) is 0 Å². The highest BCUT2D eigenvalue weighted by Gasteiger charge is 2.52. The normalized spacial score (nSPS) is 20.8. The Morgan fingerprint density at radius 2 is 1.65 bits per heavy atom. The SMILES string of the molecule is Cc1cn2cc(B3OC(C)(C)C(C)(C)O3)c(C)cc2n1. The van der Waals surface area contributed by atoms with Crippen LogP contribution in [-0.2, 0) is 9.31 Å². The highest BCUT2D eigenvalue weighted by atomic mass is 16.7.